The van der Waals surface area contributed by atoms with E-state index in [-0.39, 0.29) is 11.6 Å². The van der Waals surface area contributed by atoms with Gasteiger partial charge in [-0.2, -0.15) is 5.10 Å². The molecule has 1 unspecified atom stereocenters. The van der Waals surface area contributed by atoms with Crippen molar-refractivity contribution in [3.05, 3.63) is 16.9 Å². The van der Waals surface area contributed by atoms with Gasteiger partial charge in [-0.1, -0.05) is 18.5 Å². The Morgan fingerprint density at radius 2 is 2.14 bits per heavy atom. The Balaban J connectivity index is 2.31. The van der Waals surface area contributed by atoms with Gasteiger partial charge in [-0.05, 0) is 20.3 Å². The molecule has 1 aromatic heterocycles. The number of rotatable bonds is 6. The zero-order valence-corrected chi connectivity index (χ0v) is 13.9. The predicted molar refractivity (Wildman–Crippen MR) is 84.1 cm³/mol. The van der Waals surface area contributed by atoms with Gasteiger partial charge in [0.1, 0.15) is 0 Å². The number of morpholine rings is 1. The van der Waals surface area contributed by atoms with Crippen molar-refractivity contribution in [2.24, 2.45) is 5.84 Å². The van der Waals surface area contributed by atoms with Gasteiger partial charge in [-0.25, -0.2) is 5.43 Å². The van der Waals surface area contributed by atoms with E-state index < -0.39 is 0 Å². The number of hydrogen-bond acceptors (Lipinski definition) is 5. The number of nitrogens with one attached hydrogen (secondary N) is 1. The highest BCUT2D eigenvalue weighted by Gasteiger charge is 2.39. The molecule has 0 aliphatic carbocycles. The second kappa shape index (κ2) is 7.07. The molecule has 1 atom stereocenters. The lowest BCUT2D eigenvalue weighted by molar-refractivity contribution is -0.0249. The molecule has 0 amide bonds. The molecule has 1 aromatic rings. The van der Waals surface area contributed by atoms with Gasteiger partial charge in [0.05, 0.1) is 36.2 Å². The van der Waals surface area contributed by atoms with Crippen molar-refractivity contribution in [2.45, 2.75) is 45.3 Å². The highest BCUT2D eigenvalue weighted by molar-refractivity contribution is 6.31. The lowest BCUT2D eigenvalue weighted by Crippen LogP contribution is -2.57. The topological polar surface area (TPSA) is 68.3 Å². The number of ether oxygens (including phenoxy) is 1. The van der Waals surface area contributed by atoms with E-state index in [1.54, 1.807) is 6.20 Å². The third kappa shape index (κ3) is 3.40. The van der Waals surface area contributed by atoms with E-state index in [4.69, 9.17) is 22.2 Å². The van der Waals surface area contributed by atoms with E-state index in [9.17, 15) is 0 Å². The standard InChI is InChI=1S/C14H26ClN5O/c1-4-5-20-12(11(15)10-17-20)13(18-16)14(2,3)19-6-8-21-9-7-19/h10,13,18H,4-9,16H2,1-3H3. The second-order valence-corrected chi connectivity index (χ2v) is 6.36. The lowest BCUT2D eigenvalue weighted by atomic mass is 9.89. The van der Waals surface area contributed by atoms with Crippen molar-refractivity contribution in [1.82, 2.24) is 20.1 Å². The molecule has 1 saturated heterocycles. The fraction of sp³-hybridized carbons (Fsp3) is 0.786. The van der Waals surface area contributed by atoms with Crippen molar-refractivity contribution < 1.29 is 4.74 Å². The van der Waals surface area contributed by atoms with Crippen LogP contribution in [0.4, 0.5) is 0 Å². The van der Waals surface area contributed by atoms with Crippen LogP contribution in [0.5, 0.6) is 0 Å². The number of aryl methyl sites for hydroxylation is 1. The molecule has 0 spiro atoms. The summed E-state index contributed by atoms with van der Waals surface area (Å²) in [5.41, 5.74) is 3.72. The number of aromatic nitrogens is 2. The first-order valence-electron chi connectivity index (χ1n) is 7.52. The van der Waals surface area contributed by atoms with E-state index in [2.05, 4.69) is 36.2 Å². The highest BCUT2D eigenvalue weighted by atomic mass is 35.5. The Bertz CT molecular complexity index is 456. The summed E-state index contributed by atoms with van der Waals surface area (Å²) in [4.78, 5) is 2.39. The van der Waals surface area contributed by atoms with Crippen LogP contribution >= 0.6 is 11.6 Å². The minimum absolute atomic E-state index is 0.0999. The number of hydrogen-bond donors (Lipinski definition) is 2. The third-order valence-electron chi connectivity index (χ3n) is 4.24. The van der Waals surface area contributed by atoms with Gasteiger partial charge in [0, 0.05) is 25.2 Å². The predicted octanol–water partition coefficient (Wildman–Crippen LogP) is 1.56. The Hall–Kier alpha value is -0.660. The van der Waals surface area contributed by atoms with E-state index in [1.807, 2.05) is 4.68 Å². The molecular weight excluding hydrogens is 290 g/mol. The van der Waals surface area contributed by atoms with Crippen molar-refractivity contribution >= 4 is 11.6 Å². The van der Waals surface area contributed by atoms with Crippen molar-refractivity contribution in [3.63, 3.8) is 0 Å². The molecule has 2 rings (SSSR count). The first-order chi connectivity index (χ1) is 10.0. The fourth-order valence-electron chi connectivity index (χ4n) is 2.99. The van der Waals surface area contributed by atoms with Crippen LogP contribution in [-0.4, -0.2) is 46.5 Å². The molecule has 2 heterocycles. The van der Waals surface area contributed by atoms with Gasteiger partial charge in [-0.15, -0.1) is 0 Å². The van der Waals surface area contributed by atoms with Crippen LogP contribution in [0.1, 0.15) is 38.9 Å². The van der Waals surface area contributed by atoms with E-state index in [0.29, 0.717) is 5.02 Å². The normalized spacial score (nSPS) is 18.9. The summed E-state index contributed by atoms with van der Waals surface area (Å²) in [6, 6.07) is -0.0999. The number of halogens is 1. The van der Waals surface area contributed by atoms with Crippen LogP contribution < -0.4 is 11.3 Å². The van der Waals surface area contributed by atoms with Crippen molar-refractivity contribution in [3.8, 4) is 0 Å². The first kappa shape index (κ1) is 16.7. The summed E-state index contributed by atoms with van der Waals surface area (Å²) in [5, 5.41) is 5.04. The van der Waals surface area contributed by atoms with Crippen LogP contribution in [0.3, 0.4) is 0 Å². The molecule has 3 N–H and O–H groups in total. The number of nitrogens with two attached hydrogens (primary N) is 1. The summed E-state index contributed by atoms with van der Waals surface area (Å²) in [5.74, 6) is 5.88. The Labute approximate surface area is 131 Å². The molecule has 21 heavy (non-hydrogen) atoms. The van der Waals surface area contributed by atoms with Crippen LogP contribution in [0.25, 0.3) is 0 Å². The smallest absolute Gasteiger partial charge is 0.0835 e. The van der Waals surface area contributed by atoms with E-state index >= 15 is 0 Å². The molecule has 120 valence electrons. The van der Waals surface area contributed by atoms with Gasteiger partial charge in [0.15, 0.2) is 0 Å². The Morgan fingerprint density at radius 3 is 2.71 bits per heavy atom. The zero-order valence-electron chi connectivity index (χ0n) is 13.1. The van der Waals surface area contributed by atoms with E-state index in [1.165, 1.54) is 0 Å². The summed E-state index contributed by atoms with van der Waals surface area (Å²) < 4.78 is 7.40. The average molecular weight is 316 g/mol. The van der Waals surface area contributed by atoms with Gasteiger partial charge in [0.2, 0.25) is 0 Å². The summed E-state index contributed by atoms with van der Waals surface area (Å²) >= 11 is 6.38. The molecule has 0 radical (unpaired) electrons. The van der Waals surface area contributed by atoms with Crippen LogP contribution in [0.2, 0.25) is 5.02 Å². The van der Waals surface area contributed by atoms with Crippen LogP contribution in [0.15, 0.2) is 6.20 Å². The zero-order chi connectivity index (χ0) is 15.5. The number of hydrazine groups is 1. The minimum Gasteiger partial charge on any atom is -0.379 e. The molecule has 0 aromatic carbocycles. The largest absolute Gasteiger partial charge is 0.379 e. The lowest BCUT2D eigenvalue weighted by Gasteiger charge is -2.45. The summed E-state index contributed by atoms with van der Waals surface area (Å²) in [6.07, 6.45) is 2.70. The van der Waals surface area contributed by atoms with Gasteiger partial charge in [0.25, 0.3) is 0 Å². The van der Waals surface area contributed by atoms with Gasteiger partial charge in [-0.3, -0.25) is 15.4 Å². The monoisotopic (exact) mass is 315 g/mol. The van der Waals surface area contributed by atoms with E-state index in [0.717, 1.165) is 45.0 Å². The first-order valence-corrected chi connectivity index (χ1v) is 7.90. The molecule has 1 fully saturated rings. The maximum Gasteiger partial charge on any atom is 0.0835 e. The average Bonchev–Trinajstić information content (AvgIpc) is 2.83. The molecule has 1 aliphatic heterocycles. The molecule has 6 nitrogen and oxygen atoms in total. The maximum absolute atomic E-state index is 6.38. The molecule has 0 saturated carbocycles. The molecule has 7 heteroatoms. The van der Waals surface area contributed by atoms with Gasteiger partial charge >= 0.3 is 0 Å². The Kier molecular flexibility index (Phi) is 5.62. The van der Waals surface area contributed by atoms with Gasteiger partial charge < -0.3 is 4.74 Å². The maximum atomic E-state index is 6.38. The number of nitrogens with zero attached hydrogens (tertiary/aromatic N) is 3. The van der Waals surface area contributed by atoms with Crippen LogP contribution in [-0.2, 0) is 11.3 Å². The van der Waals surface area contributed by atoms with Crippen molar-refractivity contribution in [2.75, 3.05) is 26.3 Å². The SMILES string of the molecule is CCCn1ncc(Cl)c1C(NN)C(C)(C)N1CCOCC1. The molecular formula is C14H26ClN5O. The molecule has 0 bridgehead atoms. The Morgan fingerprint density at radius 1 is 1.48 bits per heavy atom. The summed E-state index contributed by atoms with van der Waals surface area (Å²) in [7, 11) is 0. The highest BCUT2D eigenvalue weighted by Crippen LogP contribution is 2.34. The second-order valence-electron chi connectivity index (χ2n) is 5.95. The fourth-order valence-corrected chi connectivity index (χ4v) is 3.24. The quantitative estimate of drug-likeness (QED) is 0.616. The minimum atomic E-state index is -0.187. The van der Waals surface area contributed by atoms with Crippen molar-refractivity contribution in [1.29, 1.82) is 0 Å². The van der Waals surface area contributed by atoms with Crippen LogP contribution in [0, 0.1) is 0 Å². The summed E-state index contributed by atoms with van der Waals surface area (Å²) in [6.45, 7) is 10.6. The molecule has 1 aliphatic rings. The third-order valence-corrected chi connectivity index (χ3v) is 4.53.